The number of hydrogen-bond donors (Lipinski definition) is 1. The van der Waals surface area contributed by atoms with E-state index in [9.17, 15) is 8.42 Å². The summed E-state index contributed by atoms with van der Waals surface area (Å²) < 4.78 is 23.8. The van der Waals surface area contributed by atoms with Crippen LogP contribution in [-0.4, -0.2) is 19.9 Å². The van der Waals surface area contributed by atoms with Crippen molar-refractivity contribution >= 4 is 9.84 Å². The number of unbranched alkanes of at least 4 members (excludes halogenated alkanes) is 1. The Bertz CT molecular complexity index is 512. The van der Waals surface area contributed by atoms with E-state index in [0.717, 1.165) is 12.0 Å². The Balaban J connectivity index is 2.76. The Kier molecular flexibility index (Phi) is 5.78. The van der Waals surface area contributed by atoms with Gasteiger partial charge >= 0.3 is 0 Å². The van der Waals surface area contributed by atoms with Gasteiger partial charge < -0.3 is 5.73 Å². The van der Waals surface area contributed by atoms with Crippen LogP contribution in [-0.2, 0) is 15.3 Å². The Morgan fingerprint density at radius 1 is 1.15 bits per heavy atom. The van der Waals surface area contributed by atoms with Crippen molar-refractivity contribution in [1.82, 2.24) is 0 Å². The molecule has 0 aliphatic heterocycles. The number of hydrogen-bond acceptors (Lipinski definition) is 3. The molecule has 1 unspecified atom stereocenters. The zero-order valence-electron chi connectivity index (χ0n) is 13.0. The predicted molar refractivity (Wildman–Crippen MR) is 85.6 cm³/mol. The molecule has 1 aromatic carbocycles. The van der Waals surface area contributed by atoms with Crippen molar-refractivity contribution in [2.75, 3.05) is 11.5 Å². The molecule has 0 saturated carbocycles. The molecule has 0 radical (unpaired) electrons. The summed E-state index contributed by atoms with van der Waals surface area (Å²) in [7, 11) is -3.05. The standard InChI is InChI=1S/C16H27NO2S/c1-5-6-11-20(18,19)12-15(17)13-7-9-14(10-8-13)16(2,3)4/h7-10,15H,5-6,11-12,17H2,1-4H3. The average molecular weight is 297 g/mol. The van der Waals surface area contributed by atoms with Crippen molar-refractivity contribution in [2.45, 2.75) is 52.0 Å². The van der Waals surface area contributed by atoms with E-state index in [1.807, 2.05) is 31.2 Å². The topological polar surface area (TPSA) is 60.2 Å². The number of nitrogens with two attached hydrogens (primary N) is 1. The van der Waals surface area contributed by atoms with Gasteiger partial charge in [0.25, 0.3) is 0 Å². The predicted octanol–water partition coefficient (Wildman–Crippen LogP) is 3.20. The lowest BCUT2D eigenvalue weighted by Gasteiger charge is -2.20. The van der Waals surface area contributed by atoms with Crippen LogP contribution in [0.5, 0.6) is 0 Å². The average Bonchev–Trinajstić information content (AvgIpc) is 2.35. The van der Waals surface area contributed by atoms with Gasteiger partial charge in [0.15, 0.2) is 9.84 Å². The Morgan fingerprint density at radius 2 is 1.70 bits per heavy atom. The third-order valence-electron chi connectivity index (χ3n) is 3.45. The summed E-state index contributed by atoms with van der Waals surface area (Å²) in [4.78, 5) is 0. The molecular weight excluding hydrogens is 270 g/mol. The minimum atomic E-state index is -3.05. The van der Waals surface area contributed by atoms with Crippen LogP contribution in [0.15, 0.2) is 24.3 Å². The summed E-state index contributed by atoms with van der Waals surface area (Å²) in [6.07, 6.45) is 1.59. The van der Waals surface area contributed by atoms with Gasteiger partial charge in [0, 0.05) is 6.04 Å². The molecule has 1 atom stereocenters. The van der Waals surface area contributed by atoms with E-state index in [2.05, 4.69) is 20.8 Å². The Hall–Kier alpha value is -0.870. The summed E-state index contributed by atoms with van der Waals surface area (Å²) in [5.74, 6) is 0.263. The molecule has 0 aliphatic rings. The molecule has 4 heteroatoms. The molecule has 0 heterocycles. The van der Waals surface area contributed by atoms with E-state index < -0.39 is 15.9 Å². The van der Waals surface area contributed by atoms with Crippen molar-refractivity contribution in [1.29, 1.82) is 0 Å². The minimum Gasteiger partial charge on any atom is -0.323 e. The molecule has 0 bridgehead atoms. The summed E-state index contributed by atoms with van der Waals surface area (Å²) in [5, 5.41) is 0. The second kappa shape index (κ2) is 6.72. The Morgan fingerprint density at radius 3 is 2.15 bits per heavy atom. The van der Waals surface area contributed by atoms with Crippen molar-refractivity contribution < 1.29 is 8.42 Å². The number of sulfone groups is 1. The van der Waals surface area contributed by atoms with E-state index in [1.165, 1.54) is 5.56 Å². The van der Waals surface area contributed by atoms with Crippen LogP contribution in [0.4, 0.5) is 0 Å². The molecule has 0 fully saturated rings. The van der Waals surface area contributed by atoms with Crippen LogP contribution in [0.3, 0.4) is 0 Å². The maximum absolute atomic E-state index is 11.9. The lowest BCUT2D eigenvalue weighted by Crippen LogP contribution is -2.23. The molecule has 1 rings (SSSR count). The van der Waals surface area contributed by atoms with Gasteiger partial charge in [0.1, 0.15) is 0 Å². The van der Waals surface area contributed by atoms with E-state index in [0.29, 0.717) is 6.42 Å². The normalized spacial score (nSPS) is 14.2. The van der Waals surface area contributed by atoms with Crippen molar-refractivity contribution in [3.05, 3.63) is 35.4 Å². The molecule has 114 valence electrons. The van der Waals surface area contributed by atoms with Crippen LogP contribution >= 0.6 is 0 Å². The third-order valence-corrected chi connectivity index (χ3v) is 5.22. The smallest absolute Gasteiger partial charge is 0.152 e. The Labute approximate surface area is 123 Å². The number of benzene rings is 1. The largest absolute Gasteiger partial charge is 0.323 e. The second-order valence-corrected chi connectivity index (χ2v) is 8.68. The molecule has 2 N–H and O–H groups in total. The molecule has 0 spiro atoms. The zero-order chi connectivity index (χ0) is 15.4. The van der Waals surface area contributed by atoms with E-state index in [1.54, 1.807) is 0 Å². The fourth-order valence-corrected chi connectivity index (χ4v) is 3.68. The van der Waals surface area contributed by atoms with Crippen LogP contribution in [0.1, 0.15) is 57.7 Å². The third kappa shape index (κ3) is 5.25. The maximum atomic E-state index is 11.9. The summed E-state index contributed by atoms with van der Waals surface area (Å²) in [5.41, 5.74) is 8.24. The quantitative estimate of drug-likeness (QED) is 0.877. The first kappa shape index (κ1) is 17.2. The molecule has 0 saturated heterocycles. The summed E-state index contributed by atoms with van der Waals surface area (Å²) >= 11 is 0. The highest BCUT2D eigenvalue weighted by Gasteiger charge is 2.18. The maximum Gasteiger partial charge on any atom is 0.152 e. The van der Waals surface area contributed by atoms with Gasteiger partial charge in [-0.3, -0.25) is 0 Å². The zero-order valence-corrected chi connectivity index (χ0v) is 13.8. The molecule has 0 aromatic heterocycles. The van der Waals surface area contributed by atoms with Crippen LogP contribution in [0.2, 0.25) is 0 Å². The van der Waals surface area contributed by atoms with Crippen molar-refractivity contribution in [3.63, 3.8) is 0 Å². The van der Waals surface area contributed by atoms with Gasteiger partial charge in [0.05, 0.1) is 11.5 Å². The van der Waals surface area contributed by atoms with Crippen molar-refractivity contribution in [2.24, 2.45) is 5.73 Å². The first-order valence-electron chi connectivity index (χ1n) is 7.22. The minimum absolute atomic E-state index is 0.0296. The lowest BCUT2D eigenvalue weighted by atomic mass is 9.86. The van der Waals surface area contributed by atoms with Gasteiger partial charge in [-0.1, -0.05) is 58.4 Å². The van der Waals surface area contributed by atoms with E-state index in [-0.39, 0.29) is 16.9 Å². The highest BCUT2D eigenvalue weighted by Crippen LogP contribution is 2.24. The van der Waals surface area contributed by atoms with E-state index >= 15 is 0 Å². The van der Waals surface area contributed by atoms with Crippen LogP contribution in [0, 0.1) is 0 Å². The number of rotatable bonds is 6. The van der Waals surface area contributed by atoms with Crippen LogP contribution in [0.25, 0.3) is 0 Å². The molecule has 20 heavy (non-hydrogen) atoms. The molecular formula is C16H27NO2S. The molecule has 0 aliphatic carbocycles. The highest BCUT2D eigenvalue weighted by atomic mass is 32.2. The monoisotopic (exact) mass is 297 g/mol. The highest BCUT2D eigenvalue weighted by molar-refractivity contribution is 7.91. The van der Waals surface area contributed by atoms with Gasteiger partial charge in [-0.2, -0.15) is 0 Å². The second-order valence-electron chi connectivity index (χ2n) is 6.45. The van der Waals surface area contributed by atoms with E-state index in [4.69, 9.17) is 5.73 Å². The SMILES string of the molecule is CCCCS(=O)(=O)CC(N)c1ccc(C(C)(C)C)cc1. The molecule has 0 amide bonds. The first-order valence-corrected chi connectivity index (χ1v) is 9.04. The summed E-state index contributed by atoms with van der Waals surface area (Å²) in [6, 6.07) is 7.52. The van der Waals surface area contributed by atoms with Gasteiger partial charge in [-0.25, -0.2) is 8.42 Å². The van der Waals surface area contributed by atoms with Crippen LogP contribution < -0.4 is 5.73 Å². The van der Waals surface area contributed by atoms with Gasteiger partial charge in [-0.05, 0) is 23.0 Å². The molecule has 3 nitrogen and oxygen atoms in total. The fourth-order valence-electron chi connectivity index (χ4n) is 2.05. The lowest BCUT2D eigenvalue weighted by molar-refractivity contribution is 0.583. The van der Waals surface area contributed by atoms with Gasteiger partial charge in [0.2, 0.25) is 0 Å². The van der Waals surface area contributed by atoms with Gasteiger partial charge in [-0.15, -0.1) is 0 Å². The van der Waals surface area contributed by atoms with Crippen molar-refractivity contribution in [3.8, 4) is 0 Å². The fraction of sp³-hybridized carbons (Fsp3) is 0.625. The molecule has 1 aromatic rings. The summed E-state index contributed by atoms with van der Waals surface area (Å²) in [6.45, 7) is 8.44. The first-order chi connectivity index (χ1) is 9.15.